The Hall–Kier alpha value is -1.56. The van der Waals surface area contributed by atoms with Crippen LogP contribution in [-0.4, -0.2) is 49.2 Å². The number of hydrogen-bond acceptors (Lipinski definition) is 5. The van der Waals surface area contributed by atoms with Crippen LogP contribution in [-0.2, 0) is 16.5 Å². The second kappa shape index (κ2) is 4.52. The lowest BCUT2D eigenvalue weighted by molar-refractivity contribution is 0.0593. The number of ether oxygens (including phenoxy) is 2. The lowest BCUT2D eigenvalue weighted by Crippen LogP contribution is -2.36. The first-order chi connectivity index (χ1) is 7.72. The number of aromatic nitrogens is 2. The summed E-state index contributed by atoms with van der Waals surface area (Å²) in [4.78, 5) is 13.6. The number of aryl methyl sites for hydroxylation is 1. The highest BCUT2D eigenvalue weighted by molar-refractivity contribution is 5.93. The van der Waals surface area contributed by atoms with Gasteiger partial charge in [0, 0.05) is 26.3 Å². The molecule has 0 saturated carbocycles. The third kappa shape index (κ3) is 2.01. The fraction of sp³-hybridized carbons (Fsp3) is 0.600. The number of nitrogens with zero attached hydrogens (tertiary/aromatic N) is 3. The van der Waals surface area contributed by atoms with Gasteiger partial charge in [0.05, 0.1) is 26.0 Å². The molecule has 6 heteroatoms. The summed E-state index contributed by atoms with van der Waals surface area (Å²) in [5.41, 5.74) is 1.18. The SMILES string of the molecule is COC(=O)c1nn(C)cc1N1CCOCC1. The Labute approximate surface area is 93.7 Å². The third-order valence-corrected chi connectivity index (χ3v) is 2.54. The van der Waals surface area contributed by atoms with Gasteiger partial charge in [-0.15, -0.1) is 0 Å². The van der Waals surface area contributed by atoms with E-state index in [0.717, 1.165) is 18.8 Å². The van der Waals surface area contributed by atoms with Crippen molar-refractivity contribution in [2.24, 2.45) is 7.05 Å². The number of rotatable bonds is 2. The fourth-order valence-corrected chi connectivity index (χ4v) is 1.75. The van der Waals surface area contributed by atoms with Crippen molar-refractivity contribution in [3.05, 3.63) is 11.9 Å². The molecule has 6 nitrogen and oxygen atoms in total. The highest BCUT2D eigenvalue weighted by Gasteiger charge is 2.22. The van der Waals surface area contributed by atoms with Crippen molar-refractivity contribution in [3.63, 3.8) is 0 Å². The van der Waals surface area contributed by atoms with Gasteiger partial charge in [-0.05, 0) is 0 Å². The molecule has 88 valence electrons. The van der Waals surface area contributed by atoms with Crippen LogP contribution < -0.4 is 4.90 Å². The van der Waals surface area contributed by atoms with E-state index >= 15 is 0 Å². The van der Waals surface area contributed by atoms with Gasteiger partial charge in [-0.25, -0.2) is 4.79 Å². The Morgan fingerprint density at radius 1 is 1.50 bits per heavy atom. The molecular weight excluding hydrogens is 210 g/mol. The third-order valence-electron chi connectivity index (χ3n) is 2.54. The van der Waals surface area contributed by atoms with E-state index in [0.29, 0.717) is 18.9 Å². The predicted octanol–water partition coefficient (Wildman–Crippen LogP) is 0.0433. The Morgan fingerprint density at radius 2 is 2.19 bits per heavy atom. The molecule has 1 aromatic rings. The zero-order valence-electron chi connectivity index (χ0n) is 9.47. The molecule has 0 unspecified atom stereocenters. The molecule has 0 amide bonds. The van der Waals surface area contributed by atoms with Gasteiger partial charge in [0.1, 0.15) is 0 Å². The highest BCUT2D eigenvalue weighted by Crippen LogP contribution is 2.20. The molecular formula is C10H15N3O3. The maximum Gasteiger partial charge on any atom is 0.360 e. The van der Waals surface area contributed by atoms with E-state index in [9.17, 15) is 4.79 Å². The van der Waals surface area contributed by atoms with Crippen LogP contribution in [0.5, 0.6) is 0 Å². The van der Waals surface area contributed by atoms with Crippen molar-refractivity contribution in [1.29, 1.82) is 0 Å². The van der Waals surface area contributed by atoms with Gasteiger partial charge in [0.15, 0.2) is 5.69 Å². The summed E-state index contributed by atoms with van der Waals surface area (Å²) < 4.78 is 11.6. The summed E-state index contributed by atoms with van der Waals surface area (Å²) in [6, 6.07) is 0. The van der Waals surface area contributed by atoms with Crippen LogP contribution >= 0.6 is 0 Å². The fourth-order valence-electron chi connectivity index (χ4n) is 1.75. The Morgan fingerprint density at radius 3 is 2.81 bits per heavy atom. The first kappa shape index (κ1) is 10.9. The summed E-state index contributed by atoms with van der Waals surface area (Å²) in [7, 11) is 3.15. The Kier molecular flexibility index (Phi) is 3.09. The molecule has 1 saturated heterocycles. The largest absolute Gasteiger partial charge is 0.464 e. The summed E-state index contributed by atoms with van der Waals surface area (Å²) in [5, 5.41) is 4.12. The van der Waals surface area contributed by atoms with Crippen LogP contribution in [0.25, 0.3) is 0 Å². The predicted molar refractivity (Wildman–Crippen MR) is 57.6 cm³/mol. The second-order valence-electron chi connectivity index (χ2n) is 3.63. The van der Waals surface area contributed by atoms with Crippen LogP contribution in [0.3, 0.4) is 0 Å². The van der Waals surface area contributed by atoms with Crippen molar-refractivity contribution in [2.45, 2.75) is 0 Å². The number of morpholine rings is 1. The zero-order valence-corrected chi connectivity index (χ0v) is 9.47. The number of anilines is 1. The molecule has 0 aliphatic carbocycles. The number of esters is 1. The van der Waals surface area contributed by atoms with Gasteiger partial charge in [-0.3, -0.25) is 4.68 Å². The summed E-state index contributed by atoms with van der Waals surface area (Å²) in [6.07, 6.45) is 1.83. The lowest BCUT2D eigenvalue weighted by Gasteiger charge is -2.27. The number of carbonyl (C=O) groups is 1. The molecule has 1 aliphatic rings. The topological polar surface area (TPSA) is 56.6 Å². The van der Waals surface area contributed by atoms with Crippen molar-refractivity contribution < 1.29 is 14.3 Å². The van der Waals surface area contributed by atoms with Crippen molar-refractivity contribution in [2.75, 3.05) is 38.3 Å². The molecule has 0 atom stereocenters. The number of methoxy groups -OCH3 is 1. The zero-order chi connectivity index (χ0) is 11.5. The van der Waals surface area contributed by atoms with Gasteiger partial charge < -0.3 is 14.4 Å². The highest BCUT2D eigenvalue weighted by atomic mass is 16.5. The van der Waals surface area contributed by atoms with Crippen LogP contribution in [0.2, 0.25) is 0 Å². The quantitative estimate of drug-likeness (QED) is 0.665. The maximum absolute atomic E-state index is 11.5. The molecule has 1 aliphatic heterocycles. The van der Waals surface area contributed by atoms with Gasteiger partial charge in [-0.1, -0.05) is 0 Å². The average molecular weight is 225 g/mol. The van der Waals surface area contributed by atoms with Crippen LogP contribution in [0.4, 0.5) is 5.69 Å². The summed E-state index contributed by atoms with van der Waals surface area (Å²) in [6.45, 7) is 2.90. The van der Waals surface area contributed by atoms with E-state index in [-0.39, 0.29) is 0 Å². The molecule has 0 spiro atoms. The first-order valence-corrected chi connectivity index (χ1v) is 5.17. The average Bonchev–Trinajstić information content (AvgIpc) is 2.71. The monoisotopic (exact) mass is 225 g/mol. The minimum absolute atomic E-state index is 0.368. The minimum Gasteiger partial charge on any atom is -0.464 e. The molecule has 2 rings (SSSR count). The van der Waals surface area contributed by atoms with Crippen LogP contribution in [0.1, 0.15) is 10.5 Å². The number of hydrogen-bond donors (Lipinski definition) is 0. The van der Waals surface area contributed by atoms with E-state index in [2.05, 4.69) is 10.00 Å². The van der Waals surface area contributed by atoms with Crippen LogP contribution in [0.15, 0.2) is 6.20 Å². The molecule has 0 radical (unpaired) electrons. The molecule has 0 N–H and O–H groups in total. The normalized spacial score (nSPS) is 16.2. The molecule has 16 heavy (non-hydrogen) atoms. The standard InChI is InChI=1S/C10H15N3O3/c1-12-7-8(9(11-12)10(14)15-2)13-3-5-16-6-4-13/h7H,3-6H2,1-2H3. The van der Waals surface area contributed by atoms with E-state index < -0.39 is 5.97 Å². The van der Waals surface area contributed by atoms with Crippen LogP contribution in [0, 0.1) is 0 Å². The van der Waals surface area contributed by atoms with E-state index in [1.807, 2.05) is 6.20 Å². The van der Waals surface area contributed by atoms with E-state index in [4.69, 9.17) is 9.47 Å². The Balaban J connectivity index is 2.27. The minimum atomic E-state index is -0.401. The molecule has 0 bridgehead atoms. The van der Waals surface area contributed by atoms with Crippen molar-refractivity contribution >= 4 is 11.7 Å². The van der Waals surface area contributed by atoms with E-state index in [1.54, 1.807) is 11.7 Å². The smallest absolute Gasteiger partial charge is 0.360 e. The van der Waals surface area contributed by atoms with Gasteiger partial charge in [0.2, 0.25) is 0 Å². The number of carbonyl (C=O) groups excluding carboxylic acids is 1. The van der Waals surface area contributed by atoms with E-state index in [1.165, 1.54) is 7.11 Å². The van der Waals surface area contributed by atoms with Crippen molar-refractivity contribution in [3.8, 4) is 0 Å². The molecule has 1 aromatic heterocycles. The van der Waals surface area contributed by atoms with Gasteiger partial charge in [0.25, 0.3) is 0 Å². The molecule has 2 heterocycles. The van der Waals surface area contributed by atoms with Gasteiger partial charge >= 0.3 is 5.97 Å². The summed E-state index contributed by atoms with van der Waals surface area (Å²) in [5.74, 6) is -0.401. The first-order valence-electron chi connectivity index (χ1n) is 5.17. The second-order valence-corrected chi connectivity index (χ2v) is 3.63. The summed E-state index contributed by atoms with van der Waals surface area (Å²) >= 11 is 0. The lowest BCUT2D eigenvalue weighted by atomic mass is 10.3. The molecule has 1 fully saturated rings. The molecule has 0 aromatic carbocycles. The van der Waals surface area contributed by atoms with Gasteiger partial charge in [-0.2, -0.15) is 5.10 Å². The van der Waals surface area contributed by atoms with Crippen molar-refractivity contribution in [1.82, 2.24) is 9.78 Å². The Bertz CT molecular complexity index is 383. The maximum atomic E-state index is 11.5.